The van der Waals surface area contributed by atoms with Crippen LogP contribution in [-0.2, 0) is 12.7 Å². The molecule has 0 saturated heterocycles. The van der Waals surface area contributed by atoms with E-state index in [1.807, 2.05) is 30.3 Å². The Bertz CT molecular complexity index is 1010. The van der Waals surface area contributed by atoms with Crippen molar-refractivity contribution in [3.8, 4) is 10.8 Å². The molecule has 0 aliphatic carbocycles. The van der Waals surface area contributed by atoms with Crippen LogP contribution < -0.4 is 5.32 Å². The predicted molar refractivity (Wildman–Crippen MR) is 91.7 cm³/mol. The van der Waals surface area contributed by atoms with Crippen molar-refractivity contribution in [3.05, 3.63) is 60.0 Å². The lowest BCUT2D eigenvalue weighted by Gasteiger charge is -2.06. The number of thiazole rings is 1. The molecular formula is C17H11F3N4OS. The lowest BCUT2D eigenvalue weighted by Crippen LogP contribution is -2.10. The third-order valence-corrected chi connectivity index (χ3v) is 4.62. The lowest BCUT2D eigenvalue weighted by atomic mass is 10.3. The van der Waals surface area contributed by atoms with Crippen molar-refractivity contribution in [2.45, 2.75) is 12.7 Å². The van der Waals surface area contributed by atoms with Gasteiger partial charge in [0.15, 0.2) is 16.5 Å². The largest absolute Gasteiger partial charge is 0.457 e. The third-order valence-electron chi connectivity index (χ3n) is 3.57. The van der Waals surface area contributed by atoms with Crippen LogP contribution in [0.2, 0.25) is 0 Å². The minimum atomic E-state index is -4.50. The Hall–Kier alpha value is -2.94. The van der Waals surface area contributed by atoms with E-state index in [1.54, 1.807) is 6.07 Å². The van der Waals surface area contributed by atoms with Gasteiger partial charge in [-0.2, -0.15) is 13.2 Å². The molecule has 4 rings (SSSR count). The second-order valence-corrected chi connectivity index (χ2v) is 6.44. The van der Waals surface area contributed by atoms with E-state index in [0.717, 1.165) is 21.3 Å². The van der Waals surface area contributed by atoms with Crippen LogP contribution in [0.25, 0.3) is 21.0 Å². The van der Waals surface area contributed by atoms with Crippen molar-refractivity contribution < 1.29 is 17.6 Å². The molecule has 0 amide bonds. The molecule has 3 aromatic heterocycles. The number of nitrogens with zero attached hydrogens (tertiary/aromatic N) is 3. The first-order valence-corrected chi connectivity index (χ1v) is 8.40. The fourth-order valence-electron chi connectivity index (χ4n) is 2.32. The molecule has 3 heterocycles. The molecule has 26 heavy (non-hydrogen) atoms. The summed E-state index contributed by atoms with van der Waals surface area (Å²) in [5.74, 6) is 1.48. The van der Waals surface area contributed by atoms with E-state index in [4.69, 9.17) is 4.42 Å². The Morgan fingerprint density at radius 3 is 2.58 bits per heavy atom. The van der Waals surface area contributed by atoms with Crippen molar-refractivity contribution in [1.82, 2.24) is 15.2 Å². The van der Waals surface area contributed by atoms with Gasteiger partial charge in [0, 0.05) is 0 Å². The molecule has 0 aliphatic rings. The minimum Gasteiger partial charge on any atom is -0.457 e. The molecule has 0 aliphatic heterocycles. The van der Waals surface area contributed by atoms with Crippen LogP contribution in [-0.4, -0.2) is 15.2 Å². The van der Waals surface area contributed by atoms with Gasteiger partial charge in [0.2, 0.25) is 0 Å². The second-order valence-electron chi connectivity index (χ2n) is 5.41. The van der Waals surface area contributed by atoms with Gasteiger partial charge >= 0.3 is 6.18 Å². The Morgan fingerprint density at radius 2 is 1.85 bits per heavy atom. The van der Waals surface area contributed by atoms with Crippen LogP contribution in [0.1, 0.15) is 11.5 Å². The van der Waals surface area contributed by atoms with Crippen LogP contribution in [0.3, 0.4) is 0 Å². The monoisotopic (exact) mass is 376 g/mol. The molecule has 4 aromatic rings. The number of hydrogen-bond donors (Lipinski definition) is 1. The molecule has 0 fully saturated rings. The number of rotatable bonds is 4. The molecule has 0 spiro atoms. The highest BCUT2D eigenvalue weighted by molar-refractivity contribution is 7.21. The van der Waals surface area contributed by atoms with Crippen LogP contribution in [0.4, 0.5) is 19.0 Å². The Kier molecular flexibility index (Phi) is 4.08. The smallest absolute Gasteiger partial charge is 0.435 e. The number of fused-ring (bicyclic) bond motifs is 1. The van der Waals surface area contributed by atoms with E-state index < -0.39 is 11.9 Å². The molecule has 1 aromatic carbocycles. The van der Waals surface area contributed by atoms with Crippen molar-refractivity contribution in [2.24, 2.45) is 0 Å². The number of anilines is 1. The second kappa shape index (κ2) is 6.41. The maximum atomic E-state index is 12.5. The van der Waals surface area contributed by atoms with Gasteiger partial charge in [0.25, 0.3) is 0 Å². The standard InChI is InChI=1S/C17H11F3N4OS/c18-17(19,20)14-7-8-15(24-23-14)21-9-10-5-6-12(25-10)16-22-11-3-1-2-4-13(11)26-16/h1-8H,9H2,(H,21,24). The Morgan fingerprint density at radius 1 is 1.00 bits per heavy atom. The van der Waals surface area contributed by atoms with E-state index in [-0.39, 0.29) is 12.4 Å². The topological polar surface area (TPSA) is 63.8 Å². The number of alkyl halides is 3. The van der Waals surface area contributed by atoms with Gasteiger partial charge in [-0.05, 0) is 36.4 Å². The molecule has 132 valence electrons. The Labute approximate surface area is 149 Å². The first kappa shape index (κ1) is 16.5. The SMILES string of the molecule is FC(F)(F)c1ccc(NCc2ccc(-c3nc4ccccc4s3)o2)nn1. The number of hydrogen-bond acceptors (Lipinski definition) is 6. The maximum absolute atomic E-state index is 12.5. The number of para-hydroxylation sites is 1. The first-order valence-electron chi connectivity index (χ1n) is 7.58. The zero-order chi connectivity index (χ0) is 18.1. The van der Waals surface area contributed by atoms with Gasteiger partial charge in [-0.15, -0.1) is 21.5 Å². The maximum Gasteiger partial charge on any atom is 0.435 e. The van der Waals surface area contributed by atoms with Crippen molar-refractivity contribution >= 4 is 27.4 Å². The summed E-state index contributed by atoms with van der Waals surface area (Å²) in [5.41, 5.74) is -0.122. The number of aromatic nitrogens is 3. The molecule has 5 nitrogen and oxygen atoms in total. The number of nitrogens with one attached hydrogen (secondary N) is 1. The van der Waals surface area contributed by atoms with Gasteiger partial charge in [-0.1, -0.05) is 12.1 Å². The van der Waals surface area contributed by atoms with Crippen LogP contribution in [0.15, 0.2) is 52.9 Å². The predicted octanol–water partition coefficient (Wildman–Crippen LogP) is 4.98. The van der Waals surface area contributed by atoms with Gasteiger partial charge in [-0.3, -0.25) is 0 Å². The van der Waals surface area contributed by atoms with Crippen molar-refractivity contribution in [2.75, 3.05) is 5.32 Å². The summed E-state index contributed by atoms with van der Waals surface area (Å²) in [5, 5.41) is 10.3. The summed E-state index contributed by atoms with van der Waals surface area (Å²) in [4.78, 5) is 4.52. The molecule has 9 heteroatoms. The van der Waals surface area contributed by atoms with E-state index in [0.29, 0.717) is 11.5 Å². The van der Waals surface area contributed by atoms with E-state index in [2.05, 4.69) is 20.5 Å². The van der Waals surface area contributed by atoms with Gasteiger partial charge in [0.05, 0.1) is 16.8 Å². The minimum absolute atomic E-state index is 0.232. The summed E-state index contributed by atoms with van der Waals surface area (Å²) in [6.45, 7) is 0.269. The summed E-state index contributed by atoms with van der Waals surface area (Å²) < 4.78 is 44.2. The van der Waals surface area contributed by atoms with E-state index in [9.17, 15) is 13.2 Å². The normalized spacial score (nSPS) is 11.8. The fraction of sp³-hybridized carbons (Fsp3) is 0.118. The molecule has 0 bridgehead atoms. The van der Waals surface area contributed by atoms with E-state index in [1.165, 1.54) is 17.4 Å². The molecule has 0 atom stereocenters. The highest BCUT2D eigenvalue weighted by Crippen LogP contribution is 2.31. The Balaban J connectivity index is 1.45. The summed E-state index contributed by atoms with van der Waals surface area (Å²) in [7, 11) is 0. The molecule has 0 radical (unpaired) electrons. The van der Waals surface area contributed by atoms with Gasteiger partial charge < -0.3 is 9.73 Å². The molecule has 1 N–H and O–H groups in total. The number of furan rings is 1. The van der Waals surface area contributed by atoms with E-state index >= 15 is 0 Å². The number of halogens is 3. The van der Waals surface area contributed by atoms with Crippen molar-refractivity contribution in [1.29, 1.82) is 0 Å². The summed E-state index contributed by atoms with van der Waals surface area (Å²) >= 11 is 1.53. The summed E-state index contributed by atoms with van der Waals surface area (Å²) in [6, 6.07) is 13.5. The fourth-order valence-corrected chi connectivity index (χ4v) is 3.25. The van der Waals surface area contributed by atoms with Crippen molar-refractivity contribution in [3.63, 3.8) is 0 Å². The average Bonchev–Trinajstić information content (AvgIpc) is 3.26. The van der Waals surface area contributed by atoms with Gasteiger partial charge in [0.1, 0.15) is 11.6 Å². The van der Waals surface area contributed by atoms with Gasteiger partial charge in [-0.25, -0.2) is 4.98 Å². The highest BCUT2D eigenvalue weighted by Gasteiger charge is 2.32. The lowest BCUT2D eigenvalue weighted by molar-refractivity contribution is -0.141. The van der Waals surface area contributed by atoms with Crippen LogP contribution in [0.5, 0.6) is 0 Å². The zero-order valence-electron chi connectivity index (χ0n) is 13.1. The highest BCUT2D eigenvalue weighted by atomic mass is 32.1. The summed E-state index contributed by atoms with van der Waals surface area (Å²) in [6.07, 6.45) is -4.50. The zero-order valence-corrected chi connectivity index (χ0v) is 13.9. The first-order chi connectivity index (χ1) is 12.5. The molecule has 0 saturated carbocycles. The average molecular weight is 376 g/mol. The third kappa shape index (κ3) is 3.38. The molecule has 0 unspecified atom stereocenters. The number of benzene rings is 1. The van der Waals surface area contributed by atoms with Crippen LogP contribution >= 0.6 is 11.3 Å². The quantitative estimate of drug-likeness (QED) is 0.544. The molecular weight excluding hydrogens is 365 g/mol. The van der Waals surface area contributed by atoms with Crippen LogP contribution in [0, 0.1) is 0 Å².